The number of imidazole rings is 1. The lowest BCUT2D eigenvalue weighted by Crippen LogP contribution is -2.23. The summed E-state index contributed by atoms with van der Waals surface area (Å²) in [5.41, 5.74) is 7.44. The van der Waals surface area contributed by atoms with Crippen molar-refractivity contribution in [1.82, 2.24) is 14.9 Å². The van der Waals surface area contributed by atoms with Gasteiger partial charge in [0.05, 0.1) is 11.4 Å². The van der Waals surface area contributed by atoms with E-state index in [2.05, 4.69) is 84.4 Å². The molecule has 2 heterocycles. The average molecular weight is 496 g/mol. The van der Waals surface area contributed by atoms with Crippen LogP contribution in [0.5, 0.6) is 11.5 Å². The summed E-state index contributed by atoms with van der Waals surface area (Å²) in [7, 11) is 0. The zero-order valence-corrected chi connectivity index (χ0v) is 22.0. The number of fused-ring (bicyclic) bond motifs is 1. The Morgan fingerprint density at radius 2 is 1.49 bits per heavy atom. The highest BCUT2D eigenvalue weighted by Crippen LogP contribution is 2.33. The fraction of sp³-hybridized carbons (Fsp3) is 0.344. The Balaban J connectivity index is 1.42. The number of H-pyrrole nitrogens is 1. The molecule has 1 aliphatic heterocycles. The zero-order valence-electron chi connectivity index (χ0n) is 22.0. The third-order valence-electron chi connectivity index (χ3n) is 6.87. The molecule has 5 heteroatoms. The largest absolute Gasteiger partial charge is 0.454 e. The van der Waals surface area contributed by atoms with Gasteiger partial charge in [0.1, 0.15) is 5.82 Å². The van der Waals surface area contributed by atoms with Crippen molar-refractivity contribution in [1.29, 1.82) is 0 Å². The minimum atomic E-state index is 0.295. The van der Waals surface area contributed by atoms with Crippen LogP contribution in [0.3, 0.4) is 0 Å². The van der Waals surface area contributed by atoms with E-state index in [-0.39, 0.29) is 0 Å². The summed E-state index contributed by atoms with van der Waals surface area (Å²) in [4.78, 5) is 11.2. The molecule has 0 atom stereocenters. The number of nitrogens with one attached hydrogen (secondary N) is 1. The summed E-state index contributed by atoms with van der Waals surface area (Å²) in [6.07, 6.45) is 5.56. The van der Waals surface area contributed by atoms with Gasteiger partial charge in [0.15, 0.2) is 11.5 Å². The van der Waals surface area contributed by atoms with Crippen molar-refractivity contribution in [3.8, 4) is 22.9 Å². The lowest BCUT2D eigenvalue weighted by molar-refractivity contribution is 0.174. The Morgan fingerprint density at radius 1 is 0.757 bits per heavy atom. The molecule has 0 unspecified atom stereocenters. The topological polar surface area (TPSA) is 50.4 Å². The third kappa shape index (κ3) is 6.41. The maximum atomic E-state index is 5.65. The van der Waals surface area contributed by atoms with Gasteiger partial charge in [0.2, 0.25) is 6.79 Å². The normalized spacial score (nSPS) is 12.4. The Labute approximate surface area is 220 Å². The molecule has 1 aromatic heterocycles. The fourth-order valence-electron chi connectivity index (χ4n) is 4.91. The predicted molar refractivity (Wildman–Crippen MR) is 149 cm³/mol. The first-order valence-electron chi connectivity index (χ1n) is 13.5. The van der Waals surface area contributed by atoms with E-state index in [1.54, 1.807) is 0 Å². The number of aromatic amines is 1. The number of unbranched alkanes of at least 4 members (excludes halogenated alkanes) is 1. The van der Waals surface area contributed by atoms with Crippen LogP contribution in [-0.4, -0.2) is 21.7 Å². The van der Waals surface area contributed by atoms with Crippen LogP contribution in [0.2, 0.25) is 0 Å². The molecule has 0 saturated heterocycles. The number of hydrogen-bond acceptors (Lipinski definition) is 4. The summed E-state index contributed by atoms with van der Waals surface area (Å²) in [5.74, 6) is 2.61. The Kier molecular flexibility index (Phi) is 8.21. The van der Waals surface area contributed by atoms with Gasteiger partial charge in [-0.3, -0.25) is 4.90 Å². The number of benzene rings is 3. The zero-order chi connectivity index (χ0) is 25.5. The number of aromatic nitrogens is 2. The SMILES string of the molecule is CCCCc1nc(-c2ccccc2)[nH]c1CN(Cc1ccc(CCC)cc1)Cc1ccc2c(c1)OCO2. The van der Waals surface area contributed by atoms with Gasteiger partial charge < -0.3 is 14.5 Å². The van der Waals surface area contributed by atoms with Crippen molar-refractivity contribution in [3.63, 3.8) is 0 Å². The van der Waals surface area contributed by atoms with Gasteiger partial charge in [0, 0.05) is 25.2 Å². The monoisotopic (exact) mass is 495 g/mol. The van der Waals surface area contributed by atoms with Crippen LogP contribution in [0.4, 0.5) is 0 Å². The van der Waals surface area contributed by atoms with Gasteiger partial charge in [-0.15, -0.1) is 0 Å². The minimum Gasteiger partial charge on any atom is -0.454 e. The highest BCUT2D eigenvalue weighted by molar-refractivity contribution is 5.55. The number of nitrogens with zero attached hydrogens (tertiary/aromatic N) is 2. The van der Waals surface area contributed by atoms with Gasteiger partial charge in [-0.1, -0.05) is 87.4 Å². The van der Waals surface area contributed by atoms with E-state index in [1.807, 2.05) is 12.1 Å². The molecule has 0 radical (unpaired) electrons. The van der Waals surface area contributed by atoms with Crippen molar-refractivity contribution in [2.45, 2.75) is 65.6 Å². The molecule has 37 heavy (non-hydrogen) atoms. The second-order valence-corrected chi connectivity index (χ2v) is 9.88. The van der Waals surface area contributed by atoms with Gasteiger partial charge in [-0.25, -0.2) is 4.98 Å². The lowest BCUT2D eigenvalue weighted by Gasteiger charge is -2.23. The molecular weight excluding hydrogens is 458 g/mol. The number of aryl methyl sites for hydroxylation is 2. The van der Waals surface area contributed by atoms with Crippen molar-refractivity contribution in [3.05, 3.63) is 101 Å². The summed E-state index contributed by atoms with van der Waals surface area (Å²) < 4.78 is 11.2. The number of ether oxygens (including phenoxy) is 2. The summed E-state index contributed by atoms with van der Waals surface area (Å²) in [6, 6.07) is 25.8. The van der Waals surface area contributed by atoms with E-state index < -0.39 is 0 Å². The van der Waals surface area contributed by atoms with Crippen molar-refractivity contribution in [2.24, 2.45) is 0 Å². The Morgan fingerprint density at radius 3 is 2.27 bits per heavy atom. The predicted octanol–water partition coefficient (Wildman–Crippen LogP) is 7.30. The van der Waals surface area contributed by atoms with Crippen molar-refractivity contribution >= 4 is 0 Å². The third-order valence-corrected chi connectivity index (χ3v) is 6.87. The summed E-state index contributed by atoms with van der Waals surface area (Å²) >= 11 is 0. The van der Waals surface area contributed by atoms with Crippen LogP contribution in [0.1, 0.15) is 61.2 Å². The number of rotatable bonds is 12. The van der Waals surface area contributed by atoms with Gasteiger partial charge in [0.25, 0.3) is 0 Å². The van der Waals surface area contributed by atoms with Crippen LogP contribution < -0.4 is 9.47 Å². The minimum absolute atomic E-state index is 0.295. The van der Waals surface area contributed by atoms with E-state index in [4.69, 9.17) is 14.5 Å². The van der Waals surface area contributed by atoms with E-state index in [9.17, 15) is 0 Å². The quantitative estimate of drug-likeness (QED) is 0.224. The van der Waals surface area contributed by atoms with Crippen molar-refractivity contribution in [2.75, 3.05) is 6.79 Å². The van der Waals surface area contributed by atoms with Crippen LogP contribution >= 0.6 is 0 Å². The molecule has 5 nitrogen and oxygen atoms in total. The molecule has 0 fully saturated rings. The molecule has 4 aromatic rings. The molecule has 192 valence electrons. The Bertz CT molecular complexity index is 1280. The molecule has 1 N–H and O–H groups in total. The smallest absolute Gasteiger partial charge is 0.231 e. The first-order chi connectivity index (χ1) is 18.2. The first-order valence-corrected chi connectivity index (χ1v) is 13.5. The molecule has 0 bridgehead atoms. The highest BCUT2D eigenvalue weighted by Gasteiger charge is 2.18. The van der Waals surface area contributed by atoms with E-state index in [0.717, 1.165) is 68.2 Å². The molecule has 1 aliphatic rings. The second-order valence-electron chi connectivity index (χ2n) is 9.88. The molecule has 0 spiro atoms. The van der Waals surface area contributed by atoms with Crippen LogP contribution in [0.25, 0.3) is 11.4 Å². The average Bonchev–Trinajstić information content (AvgIpc) is 3.56. The molecule has 0 amide bonds. The van der Waals surface area contributed by atoms with E-state index >= 15 is 0 Å². The maximum absolute atomic E-state index is 5.65. The van der Waals surface area contributed by atoms with Crippen molar-refractivity contribution < 1.29 is 9.47 Å². The molecule has 5 rings (SSSR count). The van der Waals surface area contributed by atoms with E-state index in [0.29, 0.717) is 6.79 Å². The van der Waals surface area contributed by atoms with Gasteiger partial charge in [-0.05, 0) is 48.1 Å². The van der Waals surface area contributed by atoms with Crippen LogP contribution in [-0.2, 0) is 32.5 Å². The summed E-state index contributed by atoms with van der Waals surface area (Å²) in [5, 5.41) is 0. The maximum Gasteiger partial charge on any atom is 0.231 e. The lowest BCUT2D eigenvalue weighted by atomic mass is 10.1. The van der Waals surface area contributed by atoms with Gasteiger partial charge >= 0.3 is 0 Å². The van der Waals surface area contributed by atoms with E-state index in [1.165, 1.54) is 34.5 Å². The van der Waals surface area contributed by atoms with Gasteiger partial charge in [-0.2, -0.15) is 0 Å². The standard InChI is InChI=1S/C32H37N3O2/c1-3-5-12-28-29(34-32(33-28)27-10-7-6-8-11-27)22-35(20-25-15-13-24(9-4-2)14-16-25)21-26-17-18-30-31(19-26)37-23-36-30/h6-8,10-11,13-19H,3-5,9,12,20-23H2,1-2H3,(H,33,34). The second kappa shape index (κ2) is 12.1. The fourth-order valence-corrected chi connectivity index (χ4v) is 4.91. The molecule has 3 aromatic carbocycles. The highest BCUT2D eigenvalue weighted by atomic mass is 16.7. The van der Waals surface area contributed by atoms with Crippen LogP contribution in [0, 0.1) is 0 Å². The summed E-state index contributed by atoms with van der Waals surface area (Å²) in [6.45, 7) is 7.21. The Hall–Kier alpha value is -3.57. The molecule has 0 saturated carbocycles. The first kappa shape index (κ1) is 25.1. The number of hydrogen-bond donors (Lipinski definition) is 1. The molecular formula is C32H37N3O2. The van der Waals surface area contributed by atoms with Crippen LogP contribution in [0.15, 0.2) is 72.8 Å². The molecule has 0 aliphatic carbocycles.